The number of carbonyl (C=O) groups is 1. The molecule has 0 spiro atoms. The molecule has 1 aromatic heterocycles. The van der Waals surface area contributed by atoms with E-state index in [-0.39, 0.29) is 13.2 Å². The summed E-state index contributed by atoms with van der Waals surface area (Å²) in [7, 11) is 0. The lowest BCUT2D eigenvalue weighted by Gasteiger charge is -2.12. The van der Waals surface area contributed by atoms with Crippen LogP contribution in [0.5, 0.6) is 5.75 Å². The summed E-state index contributed by atoms with van der Waals surface area (Å²) in [5, 5.41) is 10.4. The zero-order valence-electron chi connectivity index (χ0n) is 13.4. The minimum absolute atomic E-state index is 0.0165. The maximum atomic E-state index is 12.0. The Balaban J connectivity index is 1.69. The second-order valence-corrected chi connectivity index (χ2v) is 6.86. The molecular formula is C19H12ClIN2O3. The van der Waals surface area contributed by atoms with Crippen LogP contribution in [0.4, 0.5) is 0 Å². The Kier molecular flexibility index (Phi) is 5.91. The van der Waals surface area contributed by atoms with Crippen LogP contribution in [0.1, 0.15) is 11.1 Å². The van der Waals surface area contributed by atoms with E-state index in [4.69, 9.17) is 26.3 Å². The molecule has 0 fully saturated rings. The van der Waals surface area contributed by atoms with Crippen LogP contribution in [0, 0.1) is 14.9 Å². The lowest BCUT2D eigenvalue weighted by Crippen LogP contribution is -2.15. The van der Waals surface area contributed by atoms with Crippen LogP contribution in [-0.2, 0) is 16.1 Å². The minimum atomic E-state index is -0.535. The SMILES string of the molecule is N#Cc1ccccc1COC(=O)COc1c(I)cc(Cl)c2cccnc12. The van der Waals surface area contributed by atoms with E-state index in [1.165, 1.54) is 0 Å². The number of ether oxygens (including phenoxy) is 2. The molecular weight excluding hydrogens is 467 g/mol. The number of halogens is 2. The highest BCUT2D eigenvalue weighted by Crippen LogP contribution is 2.34. The van der Waals surface area contributed by atoms with E-state index >= 15 is 0 Å². The molecule has 3 rings (SSSR count). The monoisotopic (exact) mass is 478 g/mol. The van der Waals surface area contributed by atoms with Gasteiger partial charge in [0.15, 0.2) is 12.4 Å². The summed E-state index contributed by atoms with van der Waals surface area (Å²) in [5.74, 6) is -0.0486. The summed E-state index contributed by atoms with van der Waals surface area (Å²) in [6.07, 6.45) is 1.64. The van der Waals surface area contributed by atoms with Gasteiger partial charge in [-0.15, -0.1) is 0 Å². The molecule has 0 N–H and O–H groups in total. The number of esters is 1. The van der Waals surface area contributed by atoms with Gasteiger partial charge in [0.05, 0.1) is 20.2 Å². The Morgan fingerprint density at radius 1 is 1.27 bits per heavy atom. The Morgan fingerprint density at radius 3 is 2.88 bits per heavy atom. The van der Waals surface area contributed by atoms with Crippen molar-refractivity contribution in [2.75, 3.05) is 6.61 Å². The first-order valence-electron chi connectivity index (χ1n) is 7.59. The summed E-state index contributed by atoms with van der Waals surface area (Å²) in [6, 6.07) is 14.4. The molecule has 5 nitrogen and oxygen atoms in total. The van der Waals surface area contributed by atoms with Crippen LogP contribution in [0.2, 0.25) is 5.02 Å². The van der Waals surface area contributed by atoms with Crippen molar-refractivity contribution < 1.29 is 14.3 Å². The van der Waals surface area contributed by atoms with Gasteiger partial charge >= 0.3 is 5.97 Å². The molecule has 1 heterocycles. The van der Waals surface area contributed by atoms with Gasteiger partial charge in [0, 0.05) is 17.1 Å². The molecule has 0 bridgehead atoms. The maximum Gasteiger partial charge on any atom is 0.344 e. The van der Waals surface area contributed by atoms with Gasteiger partial charge in [-0.25, -0.2) is 4.79 Å². The molecule has 0 aliphatic heterocycles. The number of aromatic nitrogens is 1. The third-order valence-corrected chi connectivity index (χ3v) is 4.73. The Morgan fingerprint density at radius 2 is 2.08 bits per heavy atom. The van der Waals surface area contributed by atoms with Crippen LogP contribution in [0.15, 0.2) is 48.7 Å². The van der Waals surface area contributed by atoms with Gasteiger partial charge in [-0.1, -0.05) is 29.8 Å². The second kappa shape index (κ2) is 8.34. The molecule has 0 unspecified atom stereocenters. The second-order valence-electron chi connectivity index (χ2n) is 5.29. The normalized spacial score (nSPS) is 10.3. The predicted molar refractivity (Wildman–Crippen MR) is 106 cm³/mol. The average molecular weight is 479 g/mol. The molecule has 7 heteroatoms. The largest absolute Gasteiger partial charge is 0.478 e. The first kappa shape index (κ1) is 18.4. The van der Waals surface area contributed by atoms with Crippen LogP contribution < -0.4 is 4.74 Å². The zero-order chi connectivity index (χ0) is 18.5. The van der Waals surface area contributed by atoms with Crippen molar-refractivity contribution in [3.8, 4) is 11.8 Å². The topological polar surface area (TPSA) is 72.2 Å². The van der Waals surface area contributed by atoms with Crippen LogP contribution >= 0.6 is 34.2 Å². The Hall–Kier alpha value is -2.37. The number of hydrogen-bond acceptors (Lipinski definition) is 5. The fraction of sp³-hybridized carbons (Fsp3) is 0.105. The fourth-order valence-corrected chi connectivity index (χ4v) is 3.54. The number of nitrogens with zero attached hydrogens (tertiary/aromatic N) is 2. The Labute approximate surface area is 168 Å². The first-order chi connectivity index (χ1) is 12.6. The molecule has 2 aromatic carbocycles. The number of benzene rings is 2. The van der Waals surface area contributed by atoms with Crippen molar-refractivity contribution in [2.24, 2.45) is 0 Å². The fourth-order valence-electron chi connectivity index (χ4n) is 2.37. The summed E-state index contributed by atoms with van der Waals surface area (Å²) in [6.45, 7) is -0.249. The maximum absolute atomic E-state index is 12.0. The van der Waals surface area contributed by atoms with Crippen LogP contribution in [-0.4, -0.2) is 17.6 Å². The van der Waals surface area contributed by atoms with E-state index in [9.17, 15) is 4.79 Å². The van der Waals surface area contributed by atoms with Crippen molar-refractivity contribution in [3.63, 3.8) is 0 Å². The van der Waals surface area contributed by atoms with Gasteiger partial charge in [0.25, 0.3) is 0 Å². The molecule has 0 amide bonds. The molecule has 0 saturated carbocycles. The van der Waals surface area contributed by atoms with Crippen molar-refractivity contribution in [3.05, 3.63) is 68.4 Å². The molecule has 0 radical (unpaired) electrons. The third kappa shape index (κ3) is 4.06. The van der Waals surface area contributed by atoms with E-state index in [1.807, 2.05) is 6.07 Å². The zero-order valence-corrected chi connectivity index (χ0v) is 16.3. The highest BCUT2D eigenvalue weighted by atomic mass is 127. The lowest BCUT2D eigenvalue weighted by atomic mass is 10.1. The molecule has 0 saturated heterocycles. The number of hydrogen-bond donors (Lipinski definition) is 0. The van der Waals surface area contributed by atoms with Crippen LogP contribution in [0.25, 0.3) is 10.9 Å². The minimum Gasteiger partial charge on any atom is -0.478 e. The van der Waals surface area contributed by atoms with E-state index in [1.54, 1.807) is 42.6 Å². The van der Waals surface area contributed by atoms with Gasteiger partial charge in [-0.2, -0.15) is 5.26 Å². The quantitative estimate of drug-likeness (QED) is 0.399. The summed E-state index contributed by atoms with van der Waals surface area (Å²) < 4.78 is 11.6. The predicted octanol–water partition coefficient (Wildman–Crippen LogP) is 4.49. The summed E-state index contributed by atoms with van der Waals surface area (Å²) in [4.78, 5) is 16.3. The smallest absolute Gasteiger partial charge is 0.344 e. The standard InChI is InChI=1S/C19H12ClIN2O3/c20-15-8-16(21)19(18-14(15)6-3-7-23-18)26-11-17(24)25-10-13-5-2-1-4-12(13)9-22/h1-8H,10-11H2. The van der Waals surface area contributed by atoms with E-state index in [2.05, 4.69) is 33.6 Å². The van der Waals surface area contributed by atoms with Gasteiger partial charge in [-0.3, -0.25) is 4.98 Å². The van der Waals surface area contributed by atoms with Gasteiger partial charge in [-0.05, 0) is 46.9 Å². The van der Waals surface area contributed by atoms with Crippen LogP contribution in [0.3, 0.4) is 0 Å². The van der Waals surface area contributed by atoms with Crippen molar-refractivity contribution in [1.29, 1.82) is 5.26 Å². The first-order valence-corrected chi connectivity index (χ1v) is 9.05. The molecule has 0 aliphatic rings. The molecule has 0 aliphatic carbocycles. The summed E-state index contributed by atoms with van der Waals surface area (Å²) >= 11 is 8.31. The molecule has 0 atom stereocenters. The number of carbonyl (C=O) groups excluding carboxylic acids is 1. The lowest BCUT2D eigenvalue weighted by molar-refractivity contribution is -0.147. The number of nitriles is 1. The molecule has 26 heavy (non-hydrogen) atoms. The van der Waals surface area contributed by atoms with Gasteiger partial charge in [0.2, 0.25) is 0 Å². The third-order valence-electron chi connectivity index (χ3n) is 3.61. The molecule has 3 aromatic rings. The van der Waals surface area contributed by atoms with E-state index in [0.29, 0.717) is 27.4 Å². The van der Waals surface area contributed by atoms with E-state index in [0.717, 1.165) is 8.96 Å². The van der Waals surface area contributed by atoms with Gasteiger partial charge in [0.1, 0.15) is 12.1 Å². The van der Waals surface area contributed by atoms with Crippen molar-refractivity contribution in [1.82, 2.24) is 4.98 Å². The molecule has 130 valence electrons. The van der Waals surface area contributed by atoms with Crippen molar-refractivity contribution in [2.45, 2.75) is 6.61 Å². The van der Waals surface area contributed by atoms with Gasteiger partial charge < -0.3 is 9.47 Å². The highest BCUT2D eigenvalue weighted by Gasteiger charge is 2.14. The van der Waals surface area contributed by atoms with E-state index < -0.39 is 5.97 Å². The average Bonchev–Trinajstić information content (AvgIpc) is 2.66. The number of pyridine rings is 1. The van der Waals surface area contributed by atoms with Crippen molar-refractivity contribution >= 4 is 51.1 Å². The highest BCUT2D eigenvalue weighted by molar-refractivity contribution is 14.1. The summed E-state index contributed by atoms with van der Waals surface area (Å²) in [5.41, 5.74) is 1.72. The Bertz CT molecular complexity index is 1020. The number of rotatable bonds is 5. The number of fused-ring (bicyclic) bond motifs is 1.